The van der Waals surface area contributed by atoms with Gasteiger partial charge in [-0.1, -0.05) is 25.3 Å². The maximum absolute atomic E-state index is 13.3. The van der Waals surface area contributed by atoms with Gasteiger partial charge in [0, 0.05) is 36.0 Å². The van der Waals surface area contributed by atoms with Crippen LogP contribution in [0.25, 0.3) is 16.6 Å². The number of aromatic nitrogens is 1. The third kappa shape index (κ3) is 3.66. The van der Waals surface area contributed by atoms with Crippen molar-refractivity contribution in [1.29, 1.82) is 0 Å². The second-order valence-electron chi connectivity index (χ2n) is 8.72. The molecule has 1 saturated carbocycles. The molecule has 0 radical (unpaired) electrons. The predicted octanol–water partition coefficient (Wildman–Crippen LogP) is 5.51. The van der Waals surface area contributed by atoms with Crippen LogP contribution in [-0.2, 0) is 17.4 Å². The van der Waals surface area contributed by atoms with E-state index >= 15 is 0 Å². The van der Waals surface area contributed by atoms with Crippen molar-refractivity contribution in [3.05, 3.63) is 59.8 Å². The van der Waals surface area contributed by atoms with Gasteiger partial charge in [-0.25, -0.2) is 0 Å². The molecule has 0 bridgehead atoms. The van der Waals surface area contributed by atoms with Crippen molar-refractivity contribution in [1.82, 2.24) is 4.57 Å². The molecular weight excluding hydrogens is 405 g/mol. The monoisotopic (exact) mass is 428 g/mol. The van der Waals surface area contributed by atoms with Gasteiger partial charge in [-0.3, -0.25) is 4.79 Å². The van der Waals surface area contributed by atoms with Crippen molar-refractivity contribution in [3.63, 3.8) is 0 Å². The van der Waals surface area contributed by atoms with Gasteiger partial charge < -0.3 is 14.6 Å². The van der Waals surface area contributed by atoms with Crippen LogP contribution >= 0.6 is 0 Å². The van der Waals surface area contributed by atoms with Crippen molar-refractivity contribution < 1.29 is 23.1 Å². The molecule has 1 aliphatic carbocycles. The third-order valence-corrected chi connectivity index (χ3v) is 6.65. The molecule has 2 aromatic carbocycles. The van der Waals surface area contributed by atoms with Crippen LogP contribution in [0.4, 0.5) is 18.9 Å². The molecule has 7 heteroatoms. The molecule has 2 fully saturated rings. The summed E-state index contributed by atoms with van der Waals surface area (Å²) in [6.45, 7) is 0.931. The van der Waals surface area contributed by atoms with Crippen LogP contribution in [0.3, 0.4) is 0 Å². The highest BCUT2D eigenvalue weighted by molar-refractivity contribution is 5.87. The van der Waals surface area contributed by atoms with Crippen LogP contribution < -0.4 is 4.90 Å². The SMILES string of the molecule is O=C(O)C1CN(c2cccc(-n3cc(CC4CCC4)c4cc(C(F)(F)F)ccc43)c2)C1. The number of hydrogen-bond donors (Lipinski definition) is 1. The summed E-state index contributed by atoms with van der Waals surface area (Å²) in [6, 6.07) is 11.7. The van der Waals surface area contributed by atoms with E-state index in [1.54, 1.807) is 6.07 Å². The zero-order valence-corrected chi connectivity index (χ0v) is 16.9. The quantitative estimate of drug-likeness (QED) is 0.583. The molecule has 5 rings (SSSR count). The summed E-state index contributed by atoms with van der Waals surface area (Å²) in [7, 11) is 0. The van der Waals surface area contributed by atoms with E-state index in [9.17, 15) is 18.0 Å². The zero-order chi connectivity index (χ0) is 21.8. The minimum atomic E-state index is -4.37. The first-order valence-electron chi connectivity index (χ1n) is 10.6. The first kappa shape index (κ1) is 20.0. The van der Waals surface area contributed by atoms with Crippen LogP contribution in [0.15, 0.2) is 48.7 Å². The van der Waals surface area contributed by atoms with Gasteiger partial charge in [0.1, 0.15) is 0 Å². The summed E-state index contributed by atoms with van der Waals surface area (Å²) in [5, 5.41) is 9.77. The van der Waals surface area contributed by atoms with Crippen molar-refractivity contribution in [3.8, 4) is 5.69 Å². The van der Waals surface area contributed by atoms with Gasteiger partial charge >= 0.3 is 12.1 Å². The van der Waals surface area contributed by atoms with Gasteiger partial charge in [0.05, 0.1) is 17.0 Å². The van der Waals surface area contributed by atoms with Gasteiger partial charge in [-0.05, 0) is 54.3 Å². The molecule has 0 amide bonds. The topological polar surface area (TPSA) is 45.5 Å². The minimum Gasteiger partial charge on any atom is -0.481 e. The number of rotatable bonds is 5. The fourth-order valence-corrected chi connectivity index (χ4v) is 4.54. The fourth-order valence-electron chi connectivity index (χ4n) is 4.54. The molecule has 1 N–H and O–H groups in total. The van der Waals surface area contributed by atoms with Crippen molar-refractivity contribution in [2.45, 2.75) is 31.9 Å². The van der Waals surface area contributed by atoms with Gasteiger partial charge in [-0.15, -0.1) is 0 Å². The number of carboxylic acid groups (broad SMARTS) is 1. The normalized spacial score (nSPS) is 17.6. The Labute approximate surface area is 177 Å². The number of alkyl halides is 3. The molecule has 0 spiro atoms. The predicted molar refractivity (Wildman–Crippen MR) is 113 cm³/mol. The van der Waals surface area contributed by atoms with Gasteiger partial charge in [0.2, 0.25) is 0 Å². The van der Waals surface area contributed by atoms with E-state index in [0.29, 0.717) is 24.4 Å². The van der Waals surface area contributed by atoms with Gasteiger partial charge in [0.25, 0.3) is 0 Å². The second-order valence-corrected chi connectivity index (χ2v) is 8.72. The van der Waals surface area contributed by atoms with Crippen LogP contribution in [-0.4, -0.2) is 28.7 Å². The third-order valence-electron chi connectivity index (χ3n) is 6.65. The van der Waals surface area contributed by atoms with Gasteiger partial charge in [0.15, 0.2) is 0 Å². The lowest BCUT2D eigenvalue weighted by atomic mass is 9.81. The Morgan fingerprint density at radius 2 is 1.81 bits per heavy atom. The summed E-state index contributed by atoms with van der Waals surface area (Å²) >= 11 is 0. The molecule has 0 atom stereocenters. The largest absolute Gasteiger partial charge is 0.481 e. The maximum Gasteiger partial charge on any atom is 0.416 e. The highest BCUT2D eigenvalue weighted by Gasteiger charge is 2.33. The molecule has 1 saturated heterocycles. The summed E-state index contributed by atoms with van der Waals surface area (Å²) in [5.41, 5.74) is 2.87. The van der Waals surface area contributed by atoms with E-state index in [1.807, 2.05) is 39.9 Å². The number of hydrogen-bond acceptors (Lipinski definition) is 2. The smallest absolute Gasteiger partial charge is 0.416 e. The minimum absolute atomic E-state index is 0.356. The Balaban J connectivity index is 1.53. The van der Waals surface area contributed by atoms with Crippen molar-refractivity contribution in [2.75, 3.05) is 18.0 Å². The van der Waals surface area contributed by atoms with Crippen LogP contribution in [0.2, 0.25) is 0 Å². The Hall–Kier alpha value is -2.96. The maximum atomic E-state index is 13.3. The Morgan fingerprint density at radius 1 is 1.06 bits per heavy atom. The number of anilines is 1. The molecule has 162 valence electrons. The van der Waals surface area contributed by atoms with E-state index in [2.05, 4.69) is 0 Å². The van der Waals surface area contributed by atoms with E-state index < -0.39 is 17.7 Å². The zero-order valence-electron chi connectivity index (χ0n) is 16.9. The van der Waals surface area contributed by atoms with E-state index in [0.717, 1.165) is 47.8 Å². The van der Waals surface area contributed by atoms with Crippen molar-refractivity contribution >= 4 is 22.6 Å². The lowest BCUT2D eigenvalue weighted by Gasteiger charge is -2.38. The number of carbonyl (C=O) groups is 1. The molecular formula is C24H23F3N2O2. The highest BCUT2D eigenvalue weighted by atomic mass is 19.4. The number of aliphatic carboxylic acids is 1. The first-order chi connectivity index (χ1) is 14.8. The number of nitrogens with zero attached hydrogens (tertiary/aromatic N) is 2. The van der Waals surface area contributed by atoms with E-state index in [4.69, 9.17) is 5.11 Å². The molecule has 2 heterocycles. The molecule has 1 aliphatic heterocycles. The Bertz CT molecular complexity index is 1140. The summed E-state index contributed by atoms with van der Waals surface area (Å²) in [5.74, 6) is -0.607. The van der Waals surface area contributed by atoms with Crippen LogP contribution in [0.5, 0.6) is 0 Å². The lowest BCUT2D eigenvalue weighted by Crippen LogP contribution is -2.50. The lowest BCUT2D eigenvalue weighted by molar-refractivity contribution is -0.142. The summed E-state index contributed by atoms with van der Waals surface area (Å²) < 4.78 is 42.0. The highest BCUT2D eigenvalue weighted by Crippen LogP contribution is 2.37. The van der Waals surface area contributed by atoms with E-state index in [-0.39, 0.29) is 5.92 Å². The first-order valence-corrected chi connectivity index (χ1v) is 10.6. The molecule has 2 aliphatic rings. The molecule has 4 nitrogen and oxygen atoms in total. The Morgan fingerprint density at radius 3 is 2.45 bits per heavy atom. The van der Waals surface area contributed by atoms with Gasteiger partial charge in [-0.2, -0.15) is 13.2 Å². The number of fused-ring (bicyclic) bond motifs is 1. The van der Waals surface area contributed by atoms with E-state index in [1.165, 1.54) is 12.5 Å². The Kier molecular flexibility index (Phi) is 4.72. The summed E-state index contributed by atoms with van der Waals surface area (Å²) in [4.78, 5) is 13.1. The second kappa shape index (κ2) is 7.32. The molecule has 31 heavy (non-hydrogen) atoms. The molecule has 0 unspecified atom stereocenters. The average molecular weight is 428 g/mol. The fraction of sp³-hybridized carbons (Fsp3) is 0.375. The van der Waals surface area contributed by atoms with Crippen molar-refractivity contribution in [2.24, 2.45) is 11.8 Å². The van der Waals surface area contributed by atoms with Crippen LogP contribution in [0, 0.1) is 11.8 Å². The van der Waals surface area contributed by atoms with Crippen LogP contribution in [0.1, 0.15) is 30.4 Å². The standard InChI is InChI=1S/C24H23F3N2O2/c25-24(26,27)18-7-8-22-21(10-18)16(9-15-3-1-4-15)14-29(22)20-6-2-5-19(11-20)28-12-17(13-28)23(30)31/h2,5-8,10-11,14-15,17H,1,3-4,9,12-13H2,(H,30,31). The molecule has 3 aromatic rings. The number of carboxylic acids is 1. The summed E-state index contributed by atoms with van der Waals surface area (Å²) in [6.07, 6.45) is 1.82. The average Bonchev–Trinajstić information content (AvgIpc) is 3.01. The number of halogens is 3. The molecule has 1 aromatic heterocycles. The number of benzene rings is 2.